The summed E-state index contributed by atoms with van der Waals surface area (Å²) >= 11 is 1.26. The van der Waals surface area contributed by atoms with Crippen LogP contribution >= 0.6 is 11.3 Å². The third-order valence-electron chi connectivity index (χ3n) is 6.17. The quantitative estimate of drug-likeness (QED) is 0.222. The number of hydrogen-bond donors (Lipinski definition) is 3. The van der Waals surface area contributed by atoms with Gasteiger partial charge in [0.15, 0.2) is 0 Å². The van der Waals surface area contributed by atoms with Gasteiger partial charge in [0.1, 0.15) is 16.4 Å². The molecule has 1 aromatic carbocycles. The first-order valence-corrected chi connectivity index (χ1v) is 13.0. The van der Waals surface area contributed by atoms with E-state index < -0.39 is 11.9 Å². The Kier molecular flexibility index (Phi) is 8.72. The molecule has 0 fully saturated rings. The Morgan fingerprint density at radius 1 is 1.11 bits per heavy atom. The summed E-state index contributed by atoms with van der Waals surface area (Å²) in [5.74, 6) is 0.400. The molecule has 0 saturated heterocycles. The maximum atomic E-state index is 13.0. The minimum atomic E-state index is -4.50. The molecule has 0 aliphatic carbocycles. The summed E-state index contributed by atoms with van der Waals surface area (Å²) in [4.78, 5) is 40.0. The second kappa shape index (κ2) is 12.2. The molecule has 1 unspecified atom stereocenters. The zero-order chi connectivity index (χ0) is 27.1. The molecule has 38 heavy (non-hydrogen) atoms. The number of benzene rings is 1. The van der Waals surface area contributed by atoms with Crippen LogP contribution in [0.5, 0.6) is 0 Å². The van der Waals surface area contributed by atoms with Crippen LogP contribution in [0.25, 0.3) is 22.2 Å². The number of thiazole rings is 1. The van der Waals surface area contributed by atoms with Gasteiger partial charge in [-0.2, -0.15) is 13.2 Å². The van der Waals surface area contributed by atoms with Gasteiger partial charge in [-0.1, -0.05) is 25.0 Å². The SMILES string of the molecule is CNC(=O)CCCCCC(CNC(=O)c1cncs1)c1ncc(-c2ccc3nc(C(F)(F)F)ccc3c2)[nH]1. The summed E-state index contributed by atoms with van der Waals surface area (Å²) < 4.78 is 39.0. The molecule has 1 atom stereocenters. The van der Waals surface area contributed by atoms with Gasteiger partial charge >= 0.3 is 6.18 Å². The average Bonchev–Trinajstić information content (AvgIpc) is 3.62. The van der Waals surface area contributed by atoms with E-state index in [1.165, 1.54) is 23.6 Å². The number of fused-ring (bicyclic) bond motifs is 1. The molecular weight excluding hydrogens is 517 g/mol. The van der Waals surface area contributed by atoms with E-state index >= 15 is 0 Å². The number of imidazole rings is 1. The summed E-state index contributed by atoms with van der Waals surface area (Å²) in [7, 11) is 1.62. The fourth-order valence-electron chi connectivity index (χ4n) is 4.09. The number of nitrogens with zero attached hydrogens (tertiary/aromatic N) is 3. The molecule has 4 rings (SSSR count). The number of carbonyl (C=O) groups is 2. The number of nitrogens with one attached hydrogen (secondary N) is 3. The molecule has 4 aromatic rings. The van der Waals surface area contributed by atoms with E-state index in [9.17, 15) is 22.8 Å². The van der Waals surface area contributed by atoms with E-state index in [4.69, 9.17) is 0 Å². The standard InChI is InChI=1S/C26H27F3N6O2S/c1-30-23(36)6-4-2-3-5-18(12-33-25(37)21-14-31-15-38-21)24-32-13-20(35-24)17-7-9-19-16(11-17)8-10-22(34-19)26(27,28)29/h7-11,13-15,18H,2-6,12H2,1H3,(H,30,36)(H,32,35)(H,33,37). The first-order valence-electron chi connectivity index (χ1n) is 12.1. The Morgan fingerprint density at radius 3 is 2.68 bits per heavy atom. The van der Waals surface area contributed by atoms with Gasteiger partial charge in [0.05, 0.1) is 29.1 Å². The van der Waals surface area contributed by atoms with Gasteiger partial charge < -0.3 is 15.6 Å². The molecule has 0 spiro atoms. The third-order valence-corrected chi connectivity index (χ3v) is 6.95. The topological polar surface area (TPSA) is 113 Å². The van der Waals surface area contributed by atoms with Crippen molar-refractivity contribution in [3.8, 4) is 11.3 Å². The van der Waals surface area contributed by atoms with Crippen LogP contribution in [-0.2, 0) is 11.0 Å². The maximum Gasteiger partial charge on any atom is 0.433 e. The molecular formula is C26H27F3N6O2S. The minimum Gasteiger partial charge on any atom is -0.359 e. The van der Waals surface area contributed by atoms with Crippen molar-refractivity contribution in [1.29, 1.82) is 0 Å². The lowest BCUT2D eigenvalue weighted by Gasteiger charge is -2.15. The van der Waals surface area contributed by atoms with Crippen LogP contribution in [0.3, 0.4) is 0 Å². The van der Waals surface area contributed by atoms with Crippen molar-refractivity contribution in [1.82, 2.24) is 30.6 Å². The van der Waals surface area contributed by atoms with Crippen LogP contribution in [0.1, 0.15) is 59.2 Å². The van der Waals surface area contributed by atoms with E-state index in [0.29, 0.717) is 34.7 Å². The van der Waals surface area contributed by atoms with Gasteiger partial charge in [-0.25, -0.2) is 9.97 Å². The third kappa shape index (κ3) is 6.94. The summed E-state index contributed by atoms with van der Waals surface area (Å²) in [5.41, 5.74) is 2.39. The van der Waals surface area contributed by atoms with E-state index in [2.05, 4.69) is 30.6 Å². The minimum absolute atomic E-state index is 0.00858. The predicted molar refractivity (Wildman–Crippen MR) is 139 cm³/mol. The number of halogens is 3. The molecule has 3 N–H and O–H groups in total. The molecule has 0 bridgehead atoms. The summed E-state index contributed by atoms with van der Waals surface area (Å²) in [6.07, 6.45) is 2.38. The van der Waals surface area contributed by atoms with Crippen LogP contribution in [0.4, 0.5) is 13.2 Å². The van der Waals surface area contributed by atoms with E-state index in [1.54, 1.807) is 37.0 Å². The van der Waals surface area contributed by atoms with Gasteiger partial charge in [-0.3, -0.25) is 14.6 Å². The fourth-order valence-corrected chi connectivity index (χ4v) is 4.62. The van der Waals surface area contributed by atoms with Gasteiger partial charge in [0.25, 0.3) is 5.91 Å². The highest BCUT2D eigenvalue weighted by Gasteiger charge is 2.32. The van der Waals surface area contributed by atoms with Crippen molar-refractivity contribution in [2.75, 3.05) is 13.6 Å². The zero-order valence-electron chi connectivity index (χ0n) is 20.6. The van der Waals surface area contributed by atoms with Crippen LogP contribution < -0.4 is 10.6 Å². The summed E-state index contributed by atoms with van der Waals surface area (Å²) in [6, 6.07) is 7.39. The number of alkyl halides is 3. The molecule has 3 aromatic heterocycles. The molecule has 0 radical (unpaired) electrons. The van der Waals surface area contributed by atoms with Crippen LogP contribution in [0.2, 0.25) is 0 Å². The van der Waals surface area contributed by atoms with E-state index in [-0.39, 0.29) is 23.2 Å². The van der Waals surface area contributed by atoms with Gasteiger partial charge in [0, 0.05) is 36.9 Å². The number of hydrogen-bond acceptors (Lipinski definition) is 6. The molecule has 0 aliphatic heterocycles. The number of rotatable bonds is 11. The smallest absolute Gasteiger partial charge is 0.359 e. The van der Waals surface area contributed by atoms with Gasteiger partial charge in [0.2, 0.25) is 5.91 Å². The highest BCUT2D eigenvalue weighted by atomic mass is 32.1. The number of carbonyl (C=O) groups excluding carboxylic acids is 2. The fraction of sp³-hybridized carbons (Fsp3) is 0.346. The Morgan fingerprint density at radius 2 is 1.95 bits per heavy atom. The number of pyridine rings is 1. The van der Waals surface area contributed by atoms with Crippen molar-refractivity contribution in [3.63, 3.8) is 0 Å². The number of amides is 2. The van der Waals surface area contributed by atoms with Crippen LogP contribution in [0.15, 0.2) is 48.2 Å². The molecule has 8 nitrogen and oxygen atoms in total. The van der Waals surface area contributed by atoms with Crippen molar-refractivity contribution in [3.05, 3.63) is 64.6 Å². The zero-order valence-corrected chi connectivity index (χ0v) is 21.5. The Labute approximate surface area is 221 Å². The van der Waals surface area contributed by atoms with Crippen molar-refractivity contribution in [2.45, 2.75) is 44.2 Å². The largest absolute Gasteiger partial charge is 0.433 e. The second-order valence-electron chi connectivity index (χ2n) is 8.83. The first-order chi connectivity index (χ1) is 18.2. The summed E-state index contributed by atoms with van der Waals surface area (Å²) in [6.45, 7) is 0.362. The summed E-state index contributed by atoms with van der Waals surface area (Å²) in [5, 5.41) is 6.15. The normalized spacial score (nSPS) is 12.4. The van der Waals surface area contributed by atoms with Crippen molar-refractivity contribution >= 4 is 34.1 Å². The van der Waals surface area contributed by atoms with Crippen molar-refractivity contribution in [2.24, 2.45) is 0 Å². The molecule has 2 amide bonds. The van der Waals surface area contributed by atoms with Gasteiger partial charge in [-0.15, -0.1) is 11.3 Å². The van der Waals surface area contributed by atoms with Crippen LogP contribution in [0, 0.1) is 0 Å². The molecule has 0 saturated carbocycles. The number of unbranched alkanes of at least 4 members (excludes halogenated alkanes) is 2. The van der Waals surface area contributed by atoms with E-state index in [1.807, 2.05) is 0 Å². The van der Waals surface area contributed by atoms with Crippen LogP contribution in [-0.4, -0.2) is 45.3 Å². The Balaban J connectivity index is 1.48. The Bertz CT molecular complexity index is 1390. The first kappa shape index (κ1) is 27.2. The highest BCUT2D eigenvalue weighted by Crippen LogP contribution is 2.31. The highest BCUT2D eigenvalue weighted by molar-refractivity contribution is 7.11. The van der Waals surface area contributed by atoms with Crippen molar-refractivity contribution < 1.29 is 22.8 Å². The maximum absolute atomic E-state index is 13.0. The molecule has 12 heteroatoms. The molecule has 3 heterocycles. The predicted octanol–water partition coefficient (Wildman–Crippen LogP) is 5.31. The number of H-pyrrole nitrogens is 1. The lowest BCUT2D eigenvalue weighted by Crippen LogP contribution is -2.28. The van der Waals surface area contributed by atoms with Gasteiger partial charge in [-0.05, 0) is 31.0 Å². The molecule has 0 aliphatic rings. The Hall–Kier alpha value is -3.80. The lowest BCUT2D eigenvalue weighted by molar-refractivity contribution is -0.141. The molecule has 200 valence electrons. The monoisotopic (exact) mass is 544 g/mol. The second-order valence-corrected chi connectivity index (χ2v) is 9.72. The number of aromatic amines is 1. The average molecular weight is 545 g/mol. The number of aromatic nitrogens is 4. The van der Waals surface area contributed by atoms with E-state index in [0.717, 1.165) is 37.3 Å². The lowest BCUT2D eigenvalue weighted by atomic mass is 9.99.